The van der Waals surface area contributed by atoms with Crippen molar-refractivity contribution < 1.29 is 4.79 Å². The average Bonchev–Trinajstić information content (AvgIpc) is 2.90. The van der Waals surface area contributed by atoms with Gasteiger partial charge in [-0.25, -0.2) is 0 Å². The SMILES string of the molecule is Cc1ncc(N)cc1C(=O)N1CCc2sccc2C1C. The molecule has 1 aliphatic rings. The van der Waals surface area contributed by atoms with Crippen LogP contribution in [-0.4, -0.2) is 22.3 Å². The Hall–Kier alpha value is -1.88. The second-order valence-corrected chi connectivity index (χ2v) is 6.13. The van der Waals surface area contributed by atoms with Crippen molar-refractivity contribution in [3.63, 3.8) is 0 Å². The van der Waals surface area contributed by atoms with E-state index in [9.17, 15) is 4.79 Å². The standard InChI is InChI=1S/C15H17N3OS/c1-9-13(7-11(16)8-17-9)15(19)18-5-3-14-12(10(18)2)4-6-20-14/h4,6-8,10H,3,5,16H2,1-2H3. The van der Waals surface area contributed by atoms with Gasteiger partial charge >= 0.3 is 0 Å². The van der Waals surface area contributed by atoms with Crippen molar-refractivity contribution >= 4 is 22.9 Å². The predicted molar refractivity (Wildman–Crippen MR) is 80.9 cm³/mol. The Bertz CT molecular complexity index is 665. The van der Waals surface area contributed by atoms with E-state index in [0.717, 1.165) is 18.7 Å². The van der Waals surface area contributed by atoms with Crippen LogP contribution in [0.4, 0.5) is 5.69 Å². The van der Waals surface area contributed by atoms with Gasteiger partial charge in [0.1, 0.15) is 0 Å². The van der Waals surface area contributed by atoms with Crippen molar-refractivity contribution in [1.82, 2.24) is 9.88 Å². The highest BCUT2D eigenvalue weighted by Crippen LogP contribution is 2.33. The van der Waals surface area contributed by atoms with Gasteiger partial charge in [-0.05, 0) is 43.3 Å². The molecule has 0 saturated carbocycles. The molecule has 5 heteroatoms. The van der Waals surface area contributed by atoms with Crippen molar-refractivity contribution in [3.05, 3.63) is 45.4 Å². The van der Waals surface area contributed by atoms with E-state index in [4.69, 9.17) is 5.73 Å². The number of aromatic nitrogens is 1. The number of hydrogen-bond acceptors (Lipinski definition) is 4. The van der Waals surface area contributed by atoms with E-state index in [2.05, 4.69) is 23.4 Å². The quantitative estimate of drug-likeness (QED) is 0.877. The summed E-state index contributed by atoms with van der Waals surface area (Å²) in [7, 11) is 0. The molecule has 0 spiro atoms. The lowest BCUT2D eigenvalue weighted by Crippen LogP contribution is -2.38. The Labute approximate surface area is 122 Å². The van der Waals surface area contributed by atoms with Gasteiger partial charge in [0.05, 0.1) is 29.2 Å². The van der Waals surface area contributed by atoms with E-state index in [1.165, 1.54) is 10.4 Å². The molecule has 4 nitrogen and oxygen atoms in total. The second-order valence-electron chi connectivity index (χ2n) is 5.13. The summed E-state index contributed by atoms with van der Waals surface area (Å²) in [4.78, 5) is 20.2. The van der Waals surface area contributed by atoms with E-state index in [1.807, 2.05) is 11.8 Å². The van der Waals surface area contributed by atoms with Gasteiger partial charge < -0.3 is 10.6 Å². The Kier molecular flexibility index (Phi) is 3.22. The Morgan fingerprint density at radius 2 is 2.35 bits per heavy atom. The number of nitrogens with two attached hydrogens (primary N) is 1. The zero-order valence-corrected chi connectivity index (χ0v) is 12.4. The fourth-order valence-corrected chi connectivity index (χ4v) is 3.67. The molecule has 104 valence electrons. The molecule has 0 fully saturated rings. The van der Waals surface area contributed by atoms with Gasteiger partial charge in [0.2, 0.25) is 0 Å². The van der Waals surface area contributed by atoms with Gasteiger partial charge in [0.15, 0.2) is 0 Å². The first-order valence-corrected chi connectivity index (χ1v) is 7.55. The van der Waals surface area contributed by atoms with Gasteiger partial charge in [-0.15, -0.1) is 11.3 Å². The van der Waals surface area contributed by atoms with Crippen LogP contribution in [0, 0.1) is 6.92 Å². The maximum Gasteiger partial charge on any atom is 0.256 e. The molecule has 20 heavy (non-hydrogen) atoms. The van der Waals surface area contributed by atoms with Crippen molar-refractivity contribution in [2.45, 2.75) is 26.3 Å². The summed E-state index contributed by atoms with van der Waals surface area (Å²) < 4.78 is 0. The summed E-state index contributed by atoms with van der Waals surface area (Å²) in [5, 5.41) is 2.10. The van der Waals surface area contributed by atoms with Gasteiger partial charge in [0.25, 0.3) is 5.91 Å². The highest BCUT2D eigenvalue weighted by molar-refractivity contribution is 7.10. The Morgan fingerprint density at radius 1 is 1.55 bits per heavy atom. The molecule has 0 aromatic carbocycles. The van der Waals surface area contributed by atoms with Crippen LogP contribution in [0.1, 0.15) is 39.5 Å². The molecule has 2 aromatic heterocycles. The van der Waals surface area contributed by atoms with Crippen molar-refractivity contribution in [2.75, 3.05) is 12.3 Å². The number of fused-ring (bicyclic) bond motifs is 1. The van der Waals surface area contributed by atoms with Crippen LogP contribution in [-0.2, 0) is 6.42 Å². The van der Waals surface area contributed by atoms with Crippen LogP contribution in [0.5, 0.6) is 0 Å². The summed E-state index contributed by atoms with van der Waals surface area (Å²) in [5.74, 6) is 0.0200. The molecule has 3 rings (SSSR count). The smallest absolute Gasteiger partial charge is 0.256 e. The molecular formula is C15H17N3OS. The minimum atomic E-state index is 0.0200. The number of pyridine rings is 1. The van der Waals surface area contributed by atoms with Gasteiger partial charge in [-0.1, -0.05) is 0 Å². The maximum atomic E-state index is 12.7. The molecule has 0 aliphatic carbocycles. The molecule has 1 atom stereocenters. The average molecular weight is 287 g/mol. The number of carbonyl (C=O) groups is 1. The maximum absolute atomic E-state index is 12.7. The van der Waals surface area contributed by atoms with Crippen LogP contribution >= 0.6 is 11.3 Å². The third-order valence-electron chi connectivity index (χ3n) is 3.88. The van der Waals surface area contributed by atoms with Gasteiger partial charge in [-0.2, -0.15) is 0 Å². The van der Waals surface area contributed by atoms with E-state index < -0.39 is 0 Å². The third-order valence-corrected chi connectivity index (χ3v) is 4.87. The van der Waals surface area contributed by atoms with Crippen LogP contribution in [0.3, 0.4) is 0 Å². The molecule has 0 saturated heterocycles. The number of nitrogen functional groups attached to an aromatic ring is 1. The molecule has 2 N–H and O–H groups in total. The van der Waals surface area contributed by atoms with Gasteiger partial charge in [-0.3, -0.25) is 9.78 Å². The highest BCUT2D eigenvalue weighted by atomic mass is 32.1. The zero-order valence-electron chi connectivity index (χ0n) is 11.6. The van der Waals surface area contributed by atoms with Crippen LogP contribution in [0.25, 0.3) is 0 Å². The van der Waals surface area contributed by atoms with Crippen LogP contribution < -0.4 is 5.73 Å². The fraction of sp³-hybridized carbons (Fsp3) is 0.333. The van der Waals surface area contributed by atoms with Crippen LogP contribution in [0.2, 0.25) is 0 Å². The first kappa shape index (κ1) is 13.1. The topological polar surface area (TPSA) is 59.2 Å². The lowest BCUT2D eigenvalue weighted by atomic mass is 10.00. The summed E-state index contributed by atoms with van der Waals surface area (Å²) in [6.07, 6.45) is 2.51. The highest BCUT2D eigenvalue weighted by Gasteiger charge is 2.29. The number of carbonyl (C=O) groups excluding carboxylic acids is 1. The number of rotatable bonds is 1. The van der Waals surface area contributed by atoms with E-state index in [0.29, 0.717) is 11.3 Å². The lowest BCUT2D eigenvalue weighted by Gasteiger charge is -2.34. The fourth-order valence-electron chi connectivity index (χ4n) is 2.71. The molecule has 3 heterocycles. The minimum Gasteiger partial charge on any atom is -0.397 e. The van der Waals surface area contributed by atoms with Crippen molar-refractivity contribution in [3.8, 4) is 0 Å². The molecule has 1 unspecified atom stereocenters. The number of amides is 1. The number of aryl methyl sites for hydroxylation is 1. The number of thiophene rings is 1. The molecule has 1 aliphatic heterocycles. The number of hydrogen-bond donors (Lipinski definition) is 1. The van der Waals surface area contributed by atoms with Crippen LogP contribution in [0.15, 0.2) is 23.7 Å². The normalized spacial score (nSPS) is 17.9. The second kappa shape index (κ2) is 4.90. The summed E-state index contributed by atoms with van der Waals surface area (Å²) in [6.45, 7) is 4.68. The zero-order chi connectivity index (χ0) is 14.3. The largest absolute Gasteiger partial charge is 0.397 e. The van der Waals surface area contributed by atoms with E-state index in [1.54, 1.807) is 23.6 Å². The number of nitrogens with zero attached hydrogens (tertiary/aromatic N) is 2. The lowest BCUT2D eigenvalue weighted by molar-refractivity contribution is 0.0678. The molecule has 0 bridgehead atoms. The summed E-state index contributed by atoms with van der Waals surface area (Å²) in [5.41, 5.74) is 8.89. The minimum absolute atomic E-state index is 0.0200. The monoisotopic (exact) mass is 287 g/mol. The van der Waals surface area contributed by atoms with E-state index in [-0.39, 0.29) is 11.9 Å². The summed E-state index contributed by atoms with van der Waals surface area (Å²) in [6, 6.07) is 3.95. The molecular weight excluding hydrogens is 270 g/mol. The predicted octanol–water partition coefficient (Wildman–Crippen LogP) is 2.79. The van der Waals surface area contributed by atoms with Gasteiger partial charge in [0, 0.05) is 11.4 Å². The third kappa shape index (κ3) is 2.08. The first-order chi connectivity index (χ1) is 9.58. The Morgan fingerprint density at radius 3 is 3.15 bits per heavy atom. The number of anilines is 1. The first-order valence-electron chi connectivity index (χ1n) is 6.67. The van der Waals surface area contributed by atoms with Crippen molar-refractivity contribution in [2.24, 2.45) is 0 Å². The molecule has 2 aromatic rings. The summed E-state index contributed by atoms with van der Waals surface area (Å²) >= 11 is 1.77. The molecule has 1 amide bonds. The molecule has 0 radical (unpaired) electrons. The Balaban J connectivity index is 1.94. The van der Waals surface area contributed by atoms with E-state index >= 15 is 0 Å². The van der Waals surface area contributed by atoms with Crippen molar-refractivity contribution in [1.29, 1.82) is 0 Å².